The summed E-state index contributed by atoms with van der Waals surface area (Å²) in [7, 11) is 1.57. The summed E-state index contributed by atoms with van der Waals surface area (Å²) >= 11 is 0. The van der Waals surface area contributed by atoms with Gasteiger partial charge in [-0.25, -0.2) is 8.78 Å². The molecule has 1 aliphatic heterocycles. The van der Waals surface area contributed by atoms with Gasteiger partial charge in [0.25, 0.3) is 5.91 Å². The lowest BCUT2D eigenvalue weighted by atomic mass is 10.0. The number of amides is 1. The monoisotopic (exact) mass is 346 g/mol. The van der Waals surface area contributed by atoms with Crippen LogP contribution < -0.4 is 5.32 Å². The Bertz CT molecular complexity index is 765. The molecule has 6 heteroatoms. The van der Waals surface area contributed by atoms with Crippen molar-refractivity contribution in [2.24, 2.45) is 0 Å². The predicted octanol–water partition coefficient (Wildman–Crippen LogP) is 2.63. The highest BCUT2D eigenvalue weighted by atomic mass is 19.1. The van der Waals surface area contributed by atoms with Gasteiger partial charge in [0.05, 0.1) is 6.10 Å². The minimum absolute atomic E-state index is 0.164. The molecule has 0 aromatic heterocycles. The number of aliphatic hydroxyl groups excluding tert-OH is 1. The van der Waals surface area contributed by atoms with Crippen LogP contribution in [0, 0.1) is 11.6 Å². The van der Waals surface area contributed by atoms with Crippen molar-refractivity contribution in [1.82, 2.24) is 10.2 Å². The summed E-state index contributed by atoms with van der Waals surface area (Å²) in [6.07, 6.45) is -0.228. The topological polar surface area (TPSA) is 52.6 Å². The number of likely N-dealkylation sites (tertiary alicyclic amines) is 1. The molecule has 2 atom stereocenters. The van der Waals surface area contributed by atoms with Gasteiger partial charge in [0, 0.05) is 37.3 Å². The molecule has 1 heterocycles. The zero-order valence-electron chi connectivity index (χ0n) is 13.9. The molecule has 1 aliphatic rings. The van der Waals surface area contributed by atoms with Gasteiger partial charge in [0.1, 0.15) is 11.6 Å². The maximum absolute atomic E-state index is 14.1. The lowest BCUT2D eigenvalue weighted by Gasteiger charge is -2.25. The lowest BCUT2D eigenvalue weighted by Crippen LogP contribution is -2.25. The zero-order chi connectivity index (χ0) is 18.0. The second-order valence-corrected chi connectivity index (χ2v) is 6.28. The van der Waals surface area contributed by atoms with Gasteiger partial charge in [-0.3, -0.25) is 9.69 Å². The van der Waals surface area contributed by atoms with Gasteiger partial charge < -0.3 is 10.4 Å². The number of carbonyl (C=O) groups is 1. The number of nitrogens with one attached hydrogen (secondary N) is 1. The van der Waals surface area contributed by atoms with E-state index in [1.54, 1.807) is 19.2 Å². The molecular formula is C19H20F2N2O2. The molecule has 1 fully saturated rings. The van der Waals surface area contributed by atoms with Gasteiger partial charge in [-0.05, 0) is 42.3 Å². The fourth-order valence-electron chi connectivity index (χ4n) is 3.29. The Morgan fingerprint density at radius 2 is 1.96 bits per heavy atom. The van der Waals surface area contributed by atoms with Crippen LogP contribution in [0.3, 0.4) is 0 Å². The van der Waals surface area contributed by atoms with Crippen molar-refractivity contribution in [2.75, 3.05) is 13.6 Å². The molecule has 2 aromatic rings. The first kappa shape index (κ1) is 17.5. The van der Waals surface area contributed by atoms with Crippen LogP contribution in [-0.2, 0) is 6.54 Å². The number of aliphatic hydroxyl groups is 1. The van der Waals surface area contributed by atoms with Crippen molar-refractivity contribution in [3.63, 3.8) is 0 Å². The second-order valence-electron chi connectivity index (χ2n) is 6.28. The third kappa shape index (κ3) is 3.86. The molecule has 0 spiro atoms. The van der Waals surface area contributed by atoms with E-state index in [1.807, 2.05) is 17.0 Å². The molecule has 25 heavy (non-hydrogen) atoms. The van der Waals surface area contributed by atoms with Crippen LogP contribution in [0.15, 0.2) is 42.5 Å². The largest absolute Gasteiger partial charge is 0.392 e. The molecule has 0 saturated carbocycles. The SMILES string of the molecule is CNC(=O)c1ccc(CN2C[C@H](O)C[C@H]2c2cc(F)ccc2F)cc1. The van der Waals surface area contributed by atoms with E-state index in [0.717, 1.165) is 17.7 Å². The molecule has 2 N–H and O–H groups in total. The highest BCUT2D eigenvalue weighted by Crippen LogP contribution is 2.35. The fraction of sp³-hybridized carbons (Fsp3) is 0.316. The molecule has 1 saturated heterocycles. The Kier molecular flexibility index (Phi) is 5.11. The van der Waals surface area contributed by atoms with Crippen molar-refractivity contribution in [2.45, 2.75) is 25.1 Å². The Morgan fingerprint density at radius 3 is 2.64 bits per heavy atom. The summed E-state index contributed by atoms with van der Waals surface area (Å²) in [6.45, 7) is 0.865. The predicted molar refractivity (Wildman–Crippen MR) is 90.0 cm³/mol. The number of hydrogen-bond acceptors (Lipinski definition) is 3. The Labute approximate surface area is 145 Å². The average molecular weight is 346 g/mol. The minimum Gasteiger partial charge on any atom is -0.392 e. The highest BCUT2D eigenvalue weighted by molar-refractivity contribution is 5.93. The lowest BCUT2D eigenvalue weighted by molar-refractivity contribution is 0.0963. The van der Waals surface area contributed by atoms with E-state index in [4.69, 9.17) is 0 Å². The smallest absolute Gasteiger partial charge is 0.251 e. The Hall–Kier alpha value is -2.31. The normalized spacial score (nSPS) is 20.6. The number of benzene rings is 2. The van der Waals surface area contributed by atoms with Crippen LogP contribution in [0.5, 0.6) is 0 Å². The molecule has 1 amide bonds. The summed E-state index contributed by atoms with van der Waals surface area (Å²) in [5.41, 5.74) is 1.75. The first-order valence-electron chi connectivity index (χ1n) is 8.16. The van der Waals surface area contributed by atoms with E-state index in [-0.39, 0.29) is 17.5 Å². The van der Waals surface area contributed by atoms with Crippen LogP contribution in [-0.4, -0.2) is 35.6 Å². The first-order chi connectivity index (χ1) is 12.0. The Balaban J connectivity index is 1.80. The standard InChI is InChI=1S/C19H20F2N2O2/c1-22-19(25)13-4-2-12(3-5-13)10-23-11-15(24)9-18(23)16-8-14(20)6-7-17(16)21/h2-8,15,18,24H,9-11H2,1H3,(H,22,25)/t15-,18+/m1/s1. The van der Waals surface area contributed by atoms with Crippen molar-refractivity contribution in [3.05, 3.63) is 70.8 Å². The number of nitrogens with zero attached hydrogens (tertiary/aromatic N) is 1. The second kappa shape index (κ2) is 7.29. The number of hydrogen-bond donors (Lipinski definition) is 2. The molecule has 0 unspecified atom stereocenters. The number of β-amino-alcohol motifs (C(OH)–C–C–N with tert-alkyl or cyclic N) is 1. The minimum atomic E-state index is -0.585. The number of carbonyl (C=O) groups excluding carboxylic acids is 1. The number of rotatable bonds is 4. The molecule has 0 aliphatic carbocycles. The van der Waals surface area contributed by atoms with Gasteiger partial charge in [0.2, 0.25) is 0 Å². The van der Waals surface area contributed by atoms with Crippen LogP contribution >= 0.6 is 0 Å². The maximum Gasteiger partial charge on any atom is 0.251 e. The van der Waals surface area contributed by atoms with E-state index in [9.17, 15) is 18.7 Å². The van der Waals surface area contributed by atoms with E-state index in [1.165, 1.54) is 6.07 Å². The van der Waals surface area contributed by atoms with E-state index < -0.39 is 17.7 Å². The Morgan fingerprint density at radius 1 is 1.24 bits per heavy atom. The van der Waals surface area contributed by atoms with Gasteiger partial charge in [0.15, 0.2) is 0 Å². The van der Waals surface area contributed by atoms with Crippen LogP contribution in [0.4, 0.5) is 8.78 Å². The van der Waals surface area contributed by atoms with Crippen molar-refractivity contribution < 1.29 is 18.7 Å². The summed E-state index contributed by atoms with van der Waals surface area (Å²) in [5, 5.41) is 12.6. The van der Waals surface area contributed by atoms with Crippen molar-refractivity contribution >= 4 is 5.91 Å². The summed E-state index contributed by atoms with van der Waals surface area (Å²) in [5.74, 6) is -1.13. The van der Waals surface area contributed by atoms with Crippen LogP contribution in [0.2, 0.25) is 0 Å². The third-order valence-corrected chi connectivity index (χ3v) is 4.53. The van der Waals surface area contributed by atoms with Crippen molar-refractivity contribution in [3.8, 4) is 0 Å². The van der Waals surface area contributed by atoms with E-state index in [0.29, 0.717) is 25.1 Å². The molecule has 3 rings (SSSR count). The van der Waals surface area contributed by atoms with Crippen molar-refractivity contribution in [1.29, 1.82) is 0 Å². The van der Waals surface area contributed by atoms with Gasteiger partial charge in [-0.2, -0.15) is 0 Å². The molecular weight excluding hydrogens is 326 g/mol. The molecule has 132 valence electrons. The van der Waals surface area contributed by atoms with E-state index in [2.05, 4.69) is 5.32 Å². The van der Waals surface area contributed by atoms with Crippen LogP contribution in [0.25, 0.3) is 0 Å². The molecule has 2 aromatic carbocycles. The fourth-order valence-corrected chi connectivity index (χ4v) is 3.29. The quantitative estimate of drug-likeness (QED) is 0.895. The third-order valence-electron chi connectivity index (χ3n) is 4.53. The van der Waals surface area contributed by atoms with E-state index >= 15 is 0 Å². The summed E-state index contributed by atoms with van der Waals surface area (Å²) < 4.78 is 27.6. The molecule has 0 radical (unpaired) electrons. The zero-order valence-corrected chi connectivity index (χ0v) is 13.9. The van der Waals surface area contributed by atoms with Crippen LogP contribution in [0.1, 0.15) is 33.9 Å². The molecule has 0 bridgehead atoms. The molecule has 4 nitrogen and oxygen atoms in total. The summed E-state index contributed by atoms with van der Waals surface area (Å²) in [4.78, 5) is 13.5. The van der Waals surface area contributed by atoms with Gasteiger partial charge >= 0.3 is 0 Å². The maximum atomic E-state index is 14.1. The van der Waals surface area contributed by atoms with Gasteiger partial charge in [-0.15, -0.1) is 0 Å². The highest BCUT2D eigenvalue weighted by Gasteiger charge is 2.33. The first-order valence-corrected chi connectivity index (χ1v) is 8.16. The van der Waals surface area contributed by atoms with Gasteiger partial charge in [-0.1, -0.05) is 12.1 Å². The number of halogens is 2. The summed E-state index contributed by atoms with van der Waals surface area (Å²) in [6, 6.07) is 10.1. The average Bonchev–Trinajstić information content (AvgIpc) is 2.97.